The number of hydrogen-bond acceptors (Lipinski definition) is 4. The van der Waals surface area contributed by atoms with Gasteiger partial charge in [0.1, 0.15) is 23.9 Å². The summed E-state index contributed by atoms with van der Waals surface area (Å²) in [7, 11) is 1.65. The van der Waals surface area contributed by atoms with E-state index >= 15 is 0 Å². The van der Waals surface area contributed by atoms with Crippen LogP contribution in [0, 0.1) is 6.92 Å². The van der Waals surface area contributed by atoms with Crippen LogP contribution in [0.5, 0.6) is 11.5 Å². The normalized spacial score (nSPS) is 11.3. The maximum Gasteiger partial charge on any atom is 0.191 e. The van der Waals surface area contributed by atoms with E-state index in [2.05, 4.69) is 32.1 Å². The van der Waals surface area contributed by atoms with Gasteiger partial charge in [0.15, 0.2) is 5.96 Å². The molecule has 7 nitrogen and oxygen atoms in total. The predicted octanol–water partition coefficient (Wildman–Crippen LogP) is 2.61. The van der Waals surface area contributed by atoms with Crippen LogP contribution >= 0.6 is 0 Å². The van der Waals surface area contributed by atoms with Gasteiger partial charge in [-0.3, -0.25) is 4.99 Å². The molecule has 2 aromatic rings. The number of rotatable bonds is 11. The maximum absolute atomic E-state index is 5.72. The summed E-state index contributed by atoms with van der Waals surface area (Å²) in [4.78, 5) is 8.86. The third-order valence-corrected chi connectivity index (χ3v) is 4.07. The lowest BCUT2D eigenvalue weighted by Crippen LogP contribution is -2.39. The second-order valence-electron chi connectivity index (χ2n) is 6.09. The van der Waals surface area contributed by atoms with E-state index in [9.17, 15) is 0 Å². The quantitative estimate of drug-likeness (QED) is 0.360. The van der Waals surface area contributed by atoms with E-state index < -0.39 is 0 Å². The SMILES string of the molecule is CCNC(=NCCCCn1ccnc1C)NCCOc1ccc(OC)cc1. The van der Waals surface area contributed by atoms with Crippen molar-refractivity contribution in [1.29, 1.82) is 0 Å². The number of unbranched alkanes of at least 4 members (excludes halogenated alkanes) is 1. The van der Waals surface area contributed by atoms with Crippen LogP contribution in [-0.4, -0.2) is 48.9 Å². The van der Waals surface area contributed by atoms with Crippen molar-refractivity contribution in [3.8, 4) is 11.5 Å². The van der Waals surface area contributed by atoms with Crippen molar-refractivity contribution in [3.63, 3.8) is 0 Å². The largest absolute Gasteiger partial charge is 0.497 e. The van der Waals surface area contributed by atoms with E-state index in [0.29, 0.717) is 13.2 Å². The topological polar surface area (TPSA) is 72.7 Å². The van der Waals surface area contributed by atoms with Crippen LogP contribution in [0.1, 0.15) is 25.6 Å². The number of guanidine groups is 1. The zero-order valence-electron chi connectivity index (χ0n) is 16.6. The maximum atomic E-state index is 5.72. The van der Waals surface area contributed by atoms with Gasteiger partial charge in [0.05, 0.1) is 13.7 Å². The molecule has 0 radical (unpaired) electrons. The minimum absolute atomic E-state index is 0.566. The van der Waals surface area contributed by atoms with Crippen molar-refractivity contribution in [2.24, 2.45) is 4.99 Å². The lowest BCUT2D eigenvalue weighted by Gasteiger charge is -2.12. The van der Waals surface area contributed by atoms with Gasteiger partial charge >= 0.3 is 0 Å². The molecule has 0 aliphatic rings. The Balaban J connectivity index is 1.64. The highest BCUT2D eigenvalue weighted by atomic mass is 16.5. The monoisotopic (exact) mass is 373 g/mol. The van der Waals surface area contributed by atoms with Crippen LogP contribution in [0.2, 0.25) is 0 Å². The summed E-state index contributed by atoms with van der Waals surface area (Å²) < 4.78 is 13.0. The van der Waals surface area contributed by atoms with Gasteiger partial charge in [0, 0.05) is 32.0 Å². The summed E-state index contributed by atoms with van der Waals surface area (Å²) in [6.45, 7) is 7.96. The Kier molecular flexibility index (Phi) is 9.03. The molecule has 0 bridgehead atoms. The number of nitrogens with one attached hydrogen (secondary N) is 2. The first-order valence-electron chi connectivity index (χ1n) is 9.49. The minimum atomic E-state index is 0.566. The van der Waals surface area contributed by atoms with Gasteiger partial charge in [0.2, 0.25) is 0 Å². The molecule has 2 N–H and O–H groups in total. The summed E-state index contributed by atoms with van der Waals surface area (Å²) >= 11 is 0. The van der Waals surface area contributed by atoms with Gasteiger partial charge in [-0.25, -0.2) is 4.98 Å². The van der Waals surface area contributed by atoms with Crippen LogP contribution in [0.25, 0.3) is 0 Å². The highest BCUT2D eigenvalue weighted by molar-refractivity contribution is 5.79. The first-order valence-corrected chi connectivity index (χ1v) is 9.49. The number of aryl methyl sites for hydroxylation is 2. The van der Waals surface area contributed by atoms with Crippen molar-refractivity contribution < 1.29 is 9.47 Å². The zero-order chi connectivity index (χ0) is 19.3. The van der Waals surface area contributed by atoms with Crippen molar-refractivity contribution in [1.82, 2.24) is 20.2 Å². The Bertz CT molecular complexity index is 682. The van der Waals surface area contributed by atoms with E-state index in [1.165, 1.54) is 0 Å². The lowest BCUT2D eigenvalue weighted by atomic mass is 10.3. The first-order chi connectivity index (χ1) is 13.2. The Morgan fingerprint density at radius 3 is 2.59 bits per heavy atom. The van der Waals surface area contributed by atoms with Crippen LogP contribution in [-0.2, 0) is 6.54 Å². The molecule has 0 aliphatic carbocycles. The van der Waals surface area contributed by atoms with Crippen molar-refractivity contribution in [3.05, 3.63) is 42.5 Å². The van der Waals surface area contributed by atoms with Gasteiger partial charge < -0.3 is 24.7 Å². The molecule has 7 heteroatoms. The molecule has 0 fully saturated rings. The smallest absolute Gasteiger partial charge is 0.191 e. The molecule has 1 heterocycles. The summed E-state index contributed by atoms with van der Waals surface area (Å²) in [5, 5.41) is 6.56. The average molecular weight is 374 g/mol. The molecule has 0 spiro atoms. The van der Waals surface area contributed by atoms with Gasteiger partial charge in [-0.05, 0) is 51.0 Å². The van der Waals surface area contributed by atoms with Crippen molar-refractivity contribution in [2.45, 2.75) is 33.2 Å². The lowest BCUT2D eigenvalue weighted by molar-refractivity contribution is 0.321. The Labute approximate surface area is 161 Å². The summed E-state index contributed by atoms with van der Waals surface area (Å²) in [5.74, 6) is 3.54. The predicted molar refractivity (Wildman–Crippen MR) is 109 cm³/mol. The van der Waals surface area contributed by atoms with Crippen LogP contribution in [0.15, 0.2) is 41.7 Å². The third-order valence-electron chi connectivity index (χ3n) is 4.07. The molecular weight excluding hydrogens is 342 g/mol. The fraction of sp³-hybridized carbons (Fsp3) is 0.500. The summed E-state index contributed by atoms with van der Waals surface area (Å²) in [5.41, 5.74) is 0. The van der Waals surface area contributed by atoms with Gasteiger partial charge in [-0.15, -0.1) is 0 Å². The minimum Gasteiger partial charge on any atom is -0.497 e. The molecule has 27 heavy (non-hydrogen) atoms. The molecular formula is C20H31N5O2. The number of imidazole rings is 1. The van der Waals surface area contributed by atoms with Gasteiger partial charge in [-0.1, -0.05) is 0 Å². The van der Waals surface area contributed by atoms with Crippen molar-refractivity contribution in [2.75, 3.05) is 33.4 Å². The zero-order valence-corrected chi connectivity index (χ0v) is 16.6. The van der Waals surface area contributed by atoms with Crippen LogP contribution in [0.3, 0.4) is 0 Å². The molecule has 1 aromatic carbocycles. The second kappa shape index (κ2) is 11.8. The van der Waals surface area contributed by atoms with E-state index in [4.69, 9.17) is 9.47 Å². The number of ether oxygens (including phenoxy) is 2. The molecule has 0 aliphatic heterocycles. The molecule has 148 valence electrons. The Hall–Kier alpha value is -2.70. The van der Waals surface area contributed by atoms with Crippen LogP contribution < -0.4 is 20.1 Å². The van der Waals surface area contributed by atoms with Crippen molar-refractivity contribution >= 4 is 5.96 Å². The van der Waals surface area contributed by atoms with E-state index in [1.807, 2.05) is 43.6 Å². The molecule has 2 rings (SSSR count). The van der Waals surface area contributed by atoms with E-state index in [-0.39, 0.29) is 0 Å². The highest BCUT2D eigenvalue weighted by Gasteiger charge is 1.99. The number of hydrogen-bond donors (Lipinski definition) is 2. The molecule has 0 saturated heterocycles. The summed E-state index contributed by atoms with van der Waals surface area (Å²) in [6, 6.07) is 7.58. The fourth-order valence-electron chi connectivity index (χ4n) is 2.58. The van der Waals surface area contributed by atoms with Crippen LogP contribution in [0.4, 0.5) is 0 Å². The number of aliphatic imine (C=N–C) groups is 1. The molecule has 1 aromatic heterocycles. The Morgan fingerprint density at radius 2 is 1.93 bits per heavy atom. The van der Waals surface area contributed by atoms with Gasteiger partial charge in [0.25, 0.3) is 0 Å². The second-order valence-corrected chi connectivity index (χ2v) is 6.09. The molecule has 0 amide bonds. The molecule has 0 atom stereocenters. The van der Waals surface area contributed by atoms with E-state index in [0.717, 1.165) is 55.8 Å². The molecule has 0 unspecified atom stereocenters. The highest BCUT2D eigenvalue weighted by Crippen LogP contribution is 2.16. The Morgan fingerprint density at radius 1 is 1.15 bits per heavy atom. The first kappa shape index (κ1) is 20.6. The number of benzene rings is 1. The molecule has 0 saturated carbocycles. The number of nitrogens with zero attached hydrogens (tertiary/aromatic N) is 3. The van der Waals surface area contributed by atoms with Gasteiger partial charge in [-0.2, -0.15) is 0 Å². The fourth-order valence-corrected chi connectivity index (χ4v) is 2.58. The number of aromatic nitrogens is 2. The number of methoxy groups -OCH3 is 1. The third kappa shape index (κ3) is 7.60. The van der Waals surface area contributed by atoms with E-state index in [1.54, 1.807) is 7.11 Å². The summed E-state index contributed by atoms with van der Waals surface area (Å²) in [6.07, 6.45) is 5.99. The average Bonchev–Trinajstić information content (AvgIpc) is 3.10. The standard InChI is InChI=1S/C20H31N5O2/c1-4-21-20(23-11-5-6-14-25-15-12-22-17(25)2)24-13-16-27-19-9-7-18(26-3)8-10-19/h7-10,12,15H,4-6,11,13-14,16H2,1-3H3,(H2,21,23,24).